The van der Waals surface area contributed by atoms with Crippen LogP contribution >= 0.6 is 24.0 Å². The average Bonchev–Trinajstić information content (AvgIpc) is 2.98. The van der Waals surface area contributed by atoms with Crippen molar-refractivity contribution in [1.82, 2.24) is 10.6 Å². The molecule has 0 radical (unpaired) electrons. The molecule has 0 amide bonds. The van der Waals surface area contributed by atoms with Gasteiger partial charge in [-0.25, -0.2) is 0 Å². The molecule has 4 nitrogen and oxygen atoms in total. The van der Waals surface area contributed by atoms with Gasteiger partial charge < -0.3 is 15.4 Å². The van der Waals surface area contributed by atoms with Crippen LogP contribution in [0.3, 0.4) is 0 Å². The van der Waals surface area contributed by atoms with Crippen molar-refractivity contribution in [2.75, 3.05) is 13.6 Å². The maximum absolute atomic E-state index is 5.85. The van der Waals surface area contributed by atoms with Crippen LogP contribution in [0, 0.1) is 5.92 Å². The van der Waals surface area contributed by atoms with Gasteiger partial charge >= 0.3 is 0 Å². The Balaban J connectivity index is 0.00000200. The van der Waals surface area contributed by atoms with E-state index in [0.717, 1.165) is 24.8 Å². The second-order valence-corrected chi connectivity index (χ2v) is 6.25. The minimum absolute atomic E-state index is 0. The van der Waals surface area contributed by atoms with Crippen LogP contribution in [0.25, 0.3) is 0 Å². The summed E-state index contributed by atoms with van der Waals surface area (Å²) in [7, 11) is 1.84. The van der Waals surface area contributed by atoms with Gasteiger partial charge in [-0.1, -0.05) is 26.7 Å². The average molecular weight is 395 g/mol. The lowest BCUT2D eigenvalue weighted by molar-refractivity contribution is 0.0992. The molecule has 118 valence electrons. The number of guanidine groups is 1. The molecule has 2 fully saturated rings. The van der Waals surface area contributed by atoms with Gasteiger partial charge in [0.25, 0.3) is 0 Å². The number of unbranched alkanes of at least 4 members (excludes halogenated alkanes) is 1. The summed E-state index contributed by atoms with van der Waals surface area (Å²) in [5.41, 5.74) is 0. The maximum atomic E-state index is 5.85. The standard InChI is InChI=1S/C15H29N3O.HI/c1-11(2)6-4-5-9-17-15(16-3)18-13-10-12-7-8-14(13)19-12;/h11-14H,4-10H2,1-3H3,(H2,16,17,18);1H. The molecular weight excluding hydrogens is 365 g/mol. The summed E-state index contributed by atoms with van der Waals surface area (Å²) in [6.07, 6.45) is 8.30. The Labute approximate surface area is 140 Å². The Morgan fingerprint density at radius 1 is 1.30 bits per heavy atom. The van der Waals surface area contributed by atoms with Crippen molar-refractivity contribution in [3.05, 3.63) is 0 Å². The smallest absolute Gasteiger partial charge is 0.191 e. The van der Waals surface area contributed by atoms with Crippen LogP contribution in [-0.2, 0) is 4.74 Å². The Hall–Kier alpha value is -0.0400. The Kier molecular flexibility index (Phi) is 8.17. The monoisotopic (exact) mass is 395 g/mol. The molecule has 2 heterocycles. The first-order chi connectivity index (χ1) is 9.19. The second-order valence-electron chi connectivity index (χ2n) is 6.25. The van der Waals surface area contributed by atoms with Crippen LogP contribution in [-0.4, -0.2) is 37.8 Å². The third kappa shape index (κ3) is 5.39. The van der Waals surface area contributed by atoms with Gasteiger partial charge in [0.15, 0.2) is 5.96 Å². The van der Waals surface area contributed by atoms with Crippen molar-refractivity contribution in [2.24, 2.45) is 10.9 Å². The highest BCUT2D eigenvalue weighted by Gasteiger charge is 2.40. The number of aliphatic imine (C=N–C) groups is 1. The summed E-state index contributed by atoms with van der Waals surface area (Å²) in [6.45, 7) is 5.57. The van der Waals surface area contributed by atoms with E-state index in [1.807, 2.05) is 7.05 Å². The molecule has 2 aliphatic heterocycles. The number of hydrogen-bond acceptors (Lipinski definition) is 2. The molecule has 2 rings (SSSR count). The van der Waals surface area contributed by atoms with Gasteiger partial charge in [0.05, 0.1) is 18.2 Å². The fraction of sp³-hybridized carbons (Fsp3) is 0.933. The molecule has 0 aromatic rings. The number of halogens is 1. The molecule has 0 saturated carbocycles. The summed E-state index contributed by atoms with van der Waals surface area (Å²) < 4.78 is 5.85. The normalized spacial score (nSPS) is 28.6. The van der Waals surface area contributed by atoms with E-state index in [9.17, 15) is 0 Å². The largest absolute Gasteiger partial charge is 0.373 e. The highest BCUT2D eigenvalue weighted by molar-refractivity contribution is 14.0. The van der Waals surface area contributed by atoms with E-state index in [1.54, 1.807) is 0 Å². The van der Waals surface area contributed by atoms with E-state index in [1.165, 1.54) is 32.1 Å². The quantitative estimate of drug-likeness (QED) is 0.315. The van der Waals surface area contributed by atoms with E-state index in [2.05, 4.69) is 29.5 Å². The molecule has 0 aromatic heterocycles. The van der Waals surface area contributed by atoms with Crippen molar-refractivity contribution in [3.63, 3.8) is 0 Å². The molecule has 5 heteroatoms. The predicted octanol–water partition coefficient (Wildman–Crippen LogP) is 2.92. The molecule has 0 aliphatic carbocycles. The summed E-state index contributed by atoms with van der Waals surface area (Å²) in [5.74, 6) is 1.74. The first-order valence-corrected chi connectivity index (χ1v) is 7.81. The minimum Gasteiger partial charge on any atom is -0.373 e. The molecule has 3 atom stereocenters. The van der Waals surface area contributed by atoms with E-state index < -0.39 is 0 Å². The summed E-state index contributed by atoms with van der Waals surface area (Å²) in [4.78, 5) is 4.31. The number of rotatable bonds is 6. The van der Waals surface area contributed by atoms with Crippen LogP contribution in [0.4, 0.5) is 0 Å². The van der Waals surface area contributed by atoms with Gasteiger partial charge in [0.1, 0.15) is 0 Å². The number of nitrogens with zero attached hydrogens (tertiary/aromatic N) is 1. The Morgan fingerprint density at radius 2 is 2.10 bits per heavy atom. The highest BCUT2D eigenvalue weighted by atomic mass is 127. The fourth-order valence-corrected chi connectivity index (χ4v) is 3.04. The van der Waals surface area contributed by atoms with Gasteiger partial charge in [-0.05, 0) is 31.6 Å². The predicted molar refractivity (Wildman–Crippen MR) is 94.9 cm³/mol. The lowest BCUT2D eigenvalue weighted by atomic mass is 9.96. The molecule has 2 saturated heterocycles. The zero-order valence-electron chi connectivity index (χ0n) is 13.0. The maximum Gasteiger partial charge on any atom is 0.191 e. The van der Waals surface area contributed by atoms with Gasteiger partial charge in [0, 0.05) is 13.6 Å². The highest BCUT2D eigenvalue weighted by Crippen LogP contribution is 2.34. The van der Waals surface area contributed by atoms with Crippen molar-refractivity contribution in [1.29, 1.82) is 0 Å². The topological polar surface area (TPSA) is 45.7 Å². The molecule has 2 aliphatic rings. The van der Waals surface area contributed by atoms with E-state index >= 15 is 0 Å². The van der Waals surface area contributed by atoms with Crippen LogP contribution in [0.1, 0.15) is 52.4 Å². The fourth-order valence-electron chi connectivity index (χ4n) is 3.04. The molecular formula is C15H30IN3O. The van der Waals surface area contributed by atoms with E-state index in [4.69, 9.17) is 4.74 Å². The summed E-state index contributed by atoms with van der Waals surface area (Å²) in [5, 5.41) is 6.92. The zero-order chi connectivity index (χ0) is 13.7. The SMILES string of the molecule is CN=C(NCCCCC(C)C)NC1CC2CCC1O2.I. The van der Waals surface area contributed by atoms with Crippen LogP contribution in [0.15, 0.2) is 4.99 Å². The third-order valence-electron chi connectivity index (χ3n) is 4.15. The van der Waals surface area contributed by atoms with Crippen molar-refractivity contribution in [2.45, 2.75) is 70.6 Å². The van der Waals surface area contributed by atoms with E-state index in [0.29, 0.717) is 18.2 Å². The molecule has 20 heavy (non-hydrogen) atoms. The van der Waals surface area contributed by atoms with Crippen LogP contribution in [0.5, 0.6) is 0 Å². The first kappa shape index (κ1) is 18.0. The number of fused-ring (bicyclic) bond motifs is 2. The van der Waals surface area contributed by atoms with Gasteiger partial charge in [-0.2, -0.15) is 0 Å². The lowest BCUT2D eigenvalue weighted by Crippen LogP contribution is -2.47. The second kappa shape index (κ2) is 9.07. The van der Waals surface area contributed by atoms with Gasteiger partial charge in [0.2, 0.25) is 0 Å². The van der Waals surface area contributed by atoms with Crippen LogP contribution in [0.2, 0.25) is 0 Å². The van der Waals surface area contributed by atoms with E-state index in [-0.39, 0.29) is 24.0 Å². The molecule has 0 aromatic carbocycles. The third-order valence-corrected chi connectivity index (χ3v) is 4.15. The van der Waals surface area contributed by atoms with Gasteiger partial charge in [-0.3, -0.25) is 4.99 Å². The van der Waals surface area contributed by atoms with Crippen LogP contribution < -0.4 is 10.6 Å². The zero-order valence-corrected chi connectivity index (χ0v) is 15.4. The Bertz CT molecular complexity index is 309. The van der Waals surface area contributed by atoms with Crippen molar-refractivity contribution < 1.29 is 4.74 Å². The number of nitrogens with one attached hydrogen (secondary N) is 2. The molecule has 2 bridgehead atoms. The molecule has 2 N–H and O–H groups in total. The number of hydrogen-bond donors (Lipinski definition) is 2. The lowest BCUT2D eigenvalue weighted by Gasteiger charge is -2.22. The minimum atomic E-state index is 0. The van der Waals surface area contributed by atoms with Crippen molar-refractivity contribution >= 4 is 29.9 Å². The first-order valence-electron chi connectivity index (χ1n) is 7.81. The summed E-state index contributed by atoms with van der Waals surface area (Å²) >= 11 is 0. The van der Waals surface area contributed by atoms with Gasteiger partial charge in [-0.15, -0.1) is 24.0 Å². The molecule has 3 unspecified atom stereocenters. The Morgan fingerprint density at radius 3 is 2.65 bits per heavy atom. The number of ether oxygens (including phenoxy) is 1. The summed E-state index contributed by atoms with van der Waals surface area (Å²) in [6, 6.07) is 0.459. The molecule has 0 spiro atoms. The van der Waals surface area contributed by atoms with Crippen molar-refractivity contribution in [3.8, 4) is 0 Å².